The first kappa shape index (κ1) is 25.7. The summed E-state index contributed by atoms with van der Waals surface area (Å²) < 4.78 is 0. The number of nitrogens with zero attached hydrogens (tertiary/aromatic N) is 1. The minimum absolute atomic E-state index is 0.225. The maximum absolute atomic E-state index is 13.3. The number of carbonyl (C=O) groups is 2. The Labute approximate surface area is 218 Å². The lowest BCUT2D eigenvalue weighted by Gasteiger charge is -2.25. The van der Waals surface area contributed by atoms with Gasteiger partial charge in [-0.2, -0.15) is 0 Å². The number of benzene rings is 3. The molecule has 0 heterocycles. The molecule has 3 aromatic carbocycles. The van der Waals surface area contributed by atoms with E-state index in [2.05, 4.69) is 46.8 Å². The van der Waals surface area contributed by atoms with Gasteiger partial charge >= 0.3 is 6.03 Å². The summed E-state index contributed by atoms with van der Waals surface area (Å²) in [5.41, 5.74) is 3.51. The Morgan fingerprint density at radius 3 is 2.03 bits per heavy atom. The van der Waals surface area contributed by atoms with Crippen LogP contribution < -0.4 is 16.0 Å². The van der Waals surface area contributed by atoms with Crippen LogP contribution in [0.15, 0.2) is 78.9 Å². The molecular weight excluding hydrogens is 472 g/mol. The summed E-state index contributed by atoms with van der Waals surface area (Å²) in [5, 5.41) is 9.10. The van der Waals surface area contributed by atoms with Gasteiger partial charge in [0.2, 0.25) is 0 Å². The molecule has 1 aliphatic carbocycles. The first-order valence-corrected chi connectivity index (χ1v) is 12.8. The minimum Gasteiger partial charge on any atom is -0.324 e. The Hall–Kier alpha value is -3.35. The molecule has 1 fully saturated rings. The molecule has 36 heavy (non-hydrogen) atoms. The van der Waals surface area contributed by atoms with Crippen molar-refractivity contribution in [1.29, 1.82) is 0 Å². The minimum atomic E-state index is -0.865. The summed E-state index contributed by atoms with van der Waals surface area (Å²) in [6, 6.07) is 22.8. The van der Waals surface area contributed by atoms with Gasteiger partial charge in [0.25, 0.3) is 5.91 Å². The van der Waals surface area contributed by atoms with E-state index < -0.39 is 12.1 Å². The highest BCUT2D eigenvalue weighted by Gasteiger charge is 2.44. The lowest BCUT2D eigenvalue weighted by atomic mass is 9.95. The molecule has 0 aliphatic heterocycles. The van der Waals surface area contributed by atoms with E-state index in [4.69, 9.17) is 11.6 Å². The van der Waals surface area contributed by atoms with Crippen molar-refractivity contribution >= 4 is 34.9 Å². The van der Waals surface area contributed by atoms with Crippen LogP contribution in [-0.2, 0) is 10.2 Å². The maximum Gasteiger partial charge on any atom is 0.320 e. The van der Waals surface area contributed by atoms with Gasteiger partial charge in [-0.15, -0.1) is 0 Å². The van der Waals surface area contributed by atoms with Crippen LogP contribution in [0.3, 0.4) is 0 Å². The Morgan fingerprint density at radius 2 is 1.44 bits per heavy atom. The Balaban J connectivity index is 1.44. The molecular formula is C29H33ClN4O2. The van der Waals surface area contributed by atoms with Crippen molar-refractivity contribution in [3.63, 3.8) is 0 Å². The van der Waals surface area contributed by atoms with Crippen molar-refractivity contribution in [2.45, 2.75) is 38.1 Å². The van der Waals surface area contributed by atoms with E-state index in [1.807, 2.05) is 42.5 Å². The van der Waals surface area contributed by atoms with E-state index in [1.54, 1.807) is 24.3 Å². The average Bonchev–Trinajstić information content (AvgIpc) is 3.69. The molecule has 1 unspecified atom stereocenters. The lowest BCUT2D eigenvalue weighted by molar-refractivity contribution is -0.118. The Kier molecular flexibility index (Phi) is 8.28. The van der Waals surface area contributed by atoms with Gasteiger partial charge in [-0.05, 0) is 73.5 Å². The molecule has 4 rings (SSSR count). The smallest absolute Gasteiger partial charge is 0.320 e. The lowest BCUT2D eigenvalue weighted by Crippen LogP contribution is -2.39. The first-order valence-electron chi connectivity index (χ1n) is 12.4. The molecule has 0 radical (unpaired) electrons. The van der Waals surface area contributed by atoms with Crippen LogP contribution in [0.25, 0.3) is 0 Å². The van der Waals surface area contributed by atoms with Crippen molar-refractivity contribution in [2.75, 3.05) is 30.3 Å². The summed E-state index contributed by atoms with van der Waals surface area (Å²) in [5.74, 6) is -0.315. The van der Waals surface area contributed by atoms with Crippen molar-refractivity contribution in [3.05, 3.63) is 95.0 Å². The summed E-state index contributed by atoms with van der Waals surface area (Å²) in [7, 11) is 0. The van der Waals surface area contributed by atoms with E-state index in [1.165, 1.54) is 18.4 Å². The van der Waals surface area contributed by atoms with E-state index >= 15 is 0 Å². The summed E-state index contributed by atoms with van der Waals surface area (Å²) in [6.07, 6.45) is 2.38. The second-order valence-corrected chi connectivity index (χ2v) is 9.69. The predicted octanol–water partition coefficient (Wildman–Crippen LogP) is 6.21. The van der Waals surface area contributed by atoms with E-state index in [-0.39, 0.29) is 11.3 Å². The van der Waals surface area contributed by atoms with Crippen LogP contribution in [0, 0.1) is 0 Å². The van der Waals surface area contributed by atoms with Crippen LogP contribution in [0.5, 0.6) is 0 Å². The zero-order valence-electron chi connectivity index (χ0n) is 20.8. The fraction of sp³-hybridized carbons (Fsp3) is 0.310. The van der Waals surface area contributed by atoms with Crippen LogP contribution in [0.2, 0.25) is 5.02 Å². The highest BCUT2D eigenvalue weighted by molar-refractivity contribution is 6.30. The van der Waals surface area contributed by atoms with Crippen LogP contribution in [0.1, 0.15) is 43.9 Å². The Bertz CT molecular complexity index is 1160. The quantitative estimate of drug-likeness (QED) is 0.307. The maximum atomic E-state index is 13.3. The molecule has 1 atom stereocenters. The van der Waals surface area contributed by atoms with E-state index in [0.29, 0.717) is 22.0 Å². The second-order valence-electron chi connectivity index (χ2n) is 9.26. The van der Waals surface area contributed by atoms with Gasteiger partial charge in [-0.25, -0.2) is 4.79 Å². The summed E-state index contributed by atoms with van der Waals surface area (Å²) in [6.45, 7) is 7.56. The molecule has 188 valence electrons. The van der Waals surface area contributed by atoms with Gasteiger partial charge in [0, 0.05) is 28.4 Å². The number of hydrogen-bond acceptors (Lipinski definition) is 3. The van der Waals surface area contributed by atoms with E-state index in [0.717, 1.165) is 19.6 Å². The number of rotatable bonds is 10. The molecule has 0 aromatic heterocycles. The number of urea groups is 1. The number of hydrogen-bond donors (Lipinski definition) is 3. The molecule has 6 nitrogen and oxygen atoms in total. The molecule has 0 spiro atoms. The van der Waals surface area contributed by atoms with Crippen molar-refractivity contribution < 1.29 is 9.59 Å². The van der Waals surface area contributed by atoms with Crippen LogP contribution >= 0.6 is 11.6 Å². The SMILES string of the molecule is CCN(CC)CC1(c2ccc(NC(=O)C(NC(=O)Nc3ccc(Cl)cc3)c3ccccc3)cc2)CC1. The monoisotopic (exact) mass is 504 g/mol. The van der Waals surface area contributed by atoms with Crippen molar-refractivity contribution in [2.24, 2.45) is 0 Å². The zero-order valence-corrected chi connectivity index (χ0v) is 21.5. The van der Waals surface area contributed by atoms with Crippen LogP contribution in [-0.4, -0.2) is 36.5 Å². The number of anilines is 2. The molecule has 3 N–H and O–H groups in total. The van der Waals surface area contributed by atoms with Crippen molar-refractivity contribution in [3.8, 4) is 0 Å². The molecule has 3 amide bonds. The third-order valence-corrected chi connectivity index (χ3v) is 7.06. The molecule has 0 bridgehead atoms. The number of halogens is 1. The largest absolute Gasteiger partial charge is 0.324 e. The highest BCUT2D eigenvalue weighted by Crippen LogP contribution is 2.48. The summed E-state index contributed by atoms with van der Waals surface area (Å²) in [4.78, 5) is 28.4. The highest BCUT2D eigenvalue weighted by atomic mass is 35.5. The fourth-order valence-electron chi connectivity index (χ4n) is 4.46. The van der Waals surface area contributed by atoms with Gasteiger partial charge in [0.05, 0.1) is 0 Å². The second kappa shape index (κ2) is 11.6. The molecule has 3 aromatic rings. The number of nitrogens with one attached hydrogen (secondary N) is 3. The number of likely N-dealkylation sites (N-methyl/N-ethyl adjacent to an activating group) is 1. The first-order chi connectivity index (χ1) is 17.4. The number of amides is 3. The van der Waals surface area contributed by atoms with Gasteiger partial charge in [0.1, 0.15) is 6.04 Å². The molecule has 0 saturated heterocycles. The van der Waals surface area contributed by atoms with Crippen LogP contribution in [0.4, 0.5) is 16.2 Å². The molecule has 7 heteroatoms. The predicted molar refractivity (Wildman–Crippen MR) is 147 cm³/mol. The summed E-state index contributed by atoms with van der Waals surface area (Å²) >= 11 is 5.92. The fourth-order valence-corrected chi connectivity index (χ4v) is 4.59. The zero-order chi connectivity index (χ0) is 25.5. The van der Waals surface area contributed by atoms with Gasteiger partial charge in [-0.3, -0.25) is 4.79 Å². The van der Waals surface area contributed by atoms with Gasteiger partial charge < -0.3 is 20.9 Å². The van der Waals surface area contributed by atoms with E-state index in [9.17, 15) is 9.59 Å². The molecule has 1 saturated carbocycles. The average molecular weight is 505 g/mol. The Morgan fingerprint density at radius 1 is 0.861 bits per heavy atom. The normalized spacial score (nSPS) is 14.7. The third kappa shape index (κ3) is 6.45. The number of carbonyl (C=O) groups excluding carboxylic acids is 2. The van der Waals surface area contributed by atoms with Gasteiger partial charge in [-0.1, -0.05) is 67.9 Å². The third-order valence-electron chi connectivity index (χ3n) is 6.81. The topological polar surface area (TPSA) is 73.5 Å². The molecule has 1 aliphatic rings. The standard InChI is InChI=1S/C29H33ClN4O2/c1-3-34(4-2)20-29(18-19-29)22-10-14-24(15-11-22)31-27(35)26(21-8-6-5-7-9-21)33-28(36)32-25-16-12-23(30)13-17-25/h5-17,26H,3-4,18-20H2,1-2H3,(H,31,35)(H2,32,33,36). The van der Waals surface area contributed by atoms with Gasteiger partial charge in [0.15, 0.2) is 0 Å². The van der Waals surface area contributed by atoms with Crippen molar-refractivity contribution in [1.82, 2.24) is 10.2 Å².